The molecule has 0 spiro atoms. The Balaban J connectivity index is 2.11. The average Bonchev–Trinajstić information content (AvgIpc) is 2.27. The van der Waals surface area contributed by atoms with Gasteiger partial charge in [0.1, 0.15) is 0 Å². The summed E-state index contributed by atoms with van der Waals surface area (Å²) in [5, 5.41) is -0.457. The first kappa shape index (κ1) is 11.6. The van der Waals surface area contributed by atoms with Crippen LogP contribution in [0.1, 0.15) is 52.4 Å². The van der Waals surface area contributed by atoms with Crippen molar-refractivity contribution in [2.45, 2.75) is 57.6 Å². The van der Waals surface area contributed by atoms with Gasteiger partial charge in [-0.3, -0.25) is 0 Å². The van der Waals surface area contributed by atoms with E-state index in [4.69, 9.17) is 15.7 Å². The molecule has 0 nitrogen and oxygen atoms in total. The molecule has 2 rings (SSSR count). The molecule has 0 saturated heterocycles. The highest BCUT2D eigenvalue weighted by Crippen LogP contribution is 2.50. The summed E-state index contributed by atoms with van der Waals surface area (Å²) in [6, 6.07) is 0. The molecule has 4 radical (unpaired) electrons. The van der Waals surface area contributed by atoms with Crippen molar-refractivity contribution in [2.75, 3.05) is 0 Å². The summed E-state index contributed by atoms with van der Waals surface area (Å²) in [5.41, 5.74) is 0. The molecule has 0 aromatic carbocycles. The highest BCUT2D eigenvalue weighted by molar-refractivity contribution is 6.39. The smallest absolute Gasteiger partial charge is 0.0620 e. The van der Waals surface area contributed by atoms with E-state index in [-0.39, 0.29) is 0 Å². The van der Waals surface area contributed by atoms with Crippen LogP contribution in [0, 0.1) is 23.7 Å². The number of fused-ring (bicyclic) bond motifs is 2. The molecular weight excluding hydrogens is 178 g/mol. The van der Waals surface area contributed by atoms with Crippen LogP contribution in [0.5, 0.6) is 0 Å². The van der Waals surface area contributed by atoms with Crippen molar-refractivity contribution in [1.29, 1.82) is 0 Å². The fourth-order valence-corrected chi connectivity index (χ4v) is 3.72. The molecule has 0 aliphatic heterocycles. The minimum atomic E-state index is -0.457. The Morgan fingerprint density at radius 3 is 1.87 bits per heavy atom. The van der Waals surface area contributed by atoms with Gasteiger partial charge in [-0.05, 0) is 30.6 Å². The minimum Gasteiger partial charge on any atom is -0.0989 e. The zero-order valence-corrected chi connectivity index (χ0v) is 10.2. The second-order valence-electron chi connectivity index (χ2n) is 6.20. The summed E-state index contributed by atoms with van der Waals surface area (Å²) in [4.78, 5) is 0. The molecule has 15 heavy (non-hydrogen) atoms. The summed E-state index contributed by atoms with van der Waals surface area (Å²) in [7, 11) is 12.2. The van der Waals surface area contributed by atoms with Gasteiger partial charge < -0.3 is 0 Å². The van der Waals surface area contributed by atoms with E-state index in [1.807, 2.05) is 6.92 Å². The third-order valence-electron chi connectivity index (χ3n) is 4.94. The van der Waals surface area contributed by atoms with Gasteiger partial charge in [-0.2, -0.15) is 0 Å². The van der Waals surface area contributed by atoms with Gasteiger partial charge in [-0.25, -0.2) is 0 Å². The van der Waals surface area contributed by atoms with Crippen molar-refractivity contribution in [2.24, 2.45) is 23.7 Å². The fraction of sp³-hybridized carbons (Fsp3) is 1.00. The normalized spacial score (nSPS) is 42.3. The molecule has 0 aromatic rings. The van der Waals surface area contributed by atoms with Crippen molar-refractivity contribution in [1.82, 2.24) is 0 Å². The van der Waals surface area contributed by atoms with Crippen molar-refractivity contribution in [3.05, 3.63) is 0 Å². The summed E-state index contributed by atoms with van der Waals surface area (Å²) < 4.78 is 0. The fourth-order valence-electron chi connectivity index (χ4n) is 3.72. The molecule has 80 valence electrons. The maximum absolute atomic E-state index is 6.09. The third-order valence-corrected chi connectivity index (χ3v) is 4.94. The first-order valence-corrected chi connectivity index (χ1v) is 6.56. The summed E-state index contributed by atoms with van der Waals surface area (Å²) in [5.74, 6) is 3.23. The molecule has 2 fully saturated rings. The lowest BCUT2D eigenvalue weighted by molar-refractivity contribution is 0.113. The van der Waals surface area contributed by atoms with Crippen molar-refractivity contribution in [3.63, 3.8) is 0 Å². The highest BCUT2D eigenvalue weighted by atomic mass is 14.4. The van der Waals surface area contributed by atoms with Gasteiger partial charge in [0.25, 0.3) is 0 Å². The molecule has 2 saturated carbocycles. The predicted molar refractivity (Wildman–Crippen MR) is 67.2 cm³/mol. The summed E-state index contributed by atoms with van der Waals surface area (Å²) in [6.45, 7) is 4.45. The van der Waals surface area contributed by atoms with Crippen molar-refractivity contribution < 1.29 is 0 Å². The summed E-state index contributed by atoms with van der Waals surface area (Å²) >= 11 is 0. The van der Waals surface area contributed by atoms with Crippen LogP contribution in [-0.4, -0.2) is 15.7 Å². The number of hydrogen-bond donors (Lipinski definition) is 0. The van der Waals surface area contributed by atoms with Gasteiger partial charge in [0.2, 0.25) is 0 Å². The first-order chi connectivity index (χ1) is 6.98. The Morgan fingerprint density at radius 2 is 1.47 bits per heavy atom. The Bertz CT molecular complexity index is 203. The minimum absolute atomic E-state index is 0.457. The molecule has 2 unspecified atom stereocenters. The van der Waals surface area contributed by atoms with Gasteiger partial charge in [-0.1, -0.05) is 50.7 Å². The number of rotatable bonds is 1. The van der Waals surface area contributed by atoms with Crippen molar-refractivity contribution >= 4 is 15.7 Å². The molecule has 2 aliphatic rings. The third kappa shape index (κ3) is 2.45. The highest BCUT2D eigenvalue weighted by Gasteiger charge is 2.39. The quantitative estimate of drug-likeness (QED) is 0.569. The Kier molecular flexibility index (Phi) is 3.24. The van der Waals surface area contributed by atoms with Crippen LogP contribution in [0.4, 0.5) is 0 Å². The van der Waals surface area contributed by atoms with Gasteiger partial charge in [0.15, 0.2) is 0 Å². The molecule has 2 aliphatic carbocycles. The predicted octanol–water partition coefficient (Wildman–Crippen LogP) is 3.31. The van der Waals surface area contributed by atoms with Gasteiger partial charge in [-0.15, -0.1) is 0 Å². The van der Waals surface area contributed by atoms with Crippen LogP contribution >= 0.6 is 0 Å². The van der Waals surface area contributed by atoms with E-state index >= 15 is 0 Å². The number of hydrogen-bond acceptors (Lipinski definition) is 0. The van der Waals surface area contributed by atoms with Gasteiger partial charge >= 0.3 is 0 Å². The molecule has 0 amide bonds. The van der Waals surface area contributed by atoms with E-state index in [0.717, 1.165) is 17.8 Å². The standard InChI is InChI=1S/C13H22B2/c1-9-10-5-3-4-6-11(9)8-12(7-10)13(2,14)15/h9-12H,3-8H2,1-2H3. The molecule has 2 bridgehead atoms. The van der Waals surface area contributed by atoms with Crippen molar-refractivity contribution in [3.8, 4) is 0 Å². The van der Waals surface area contributed by atoms with Crippen LogP contribution in [0.2, 0.25) is 5.21 Å². The van der Waals surface area contributed by atoms with Gasteiger partial charge in [0, 0.05) is 0 Å². The first-order valence-electron chi connectivity index (χ1n) is 6.56. The Labute approximate surface area is 97.4 Å². The zero-order chi connectivity index (χ0) is 11.1. The topological polar surface area (TPSA) is 0 Å². The van der Waals surface area contributed by atoms with Crippen LogP contribution in [-0.2, 0) is 0 Å². The second-order valence-corrected chi connectivity index (χ2v) is 6.20. The van der Waals surface area contributed by atoms with E-state index in [1.165, 1.54) is 38.5 Å². The van der Waals surface area contributed by atoms with E-state index in [2.05, 4.69) is 6.92 Å². The van der Waals surface area contributed by atoms with Crippen LogP contribution in [0.3, 0.4) is 0 Å². The van der Waals surface area contributed by atoms with Crippen LogP contribution < -0.4 is 0 Å². The van der Waals surface area contributed by atoms with E-state index in [9.17, 15) is 0 Å². The largest absolute Gasteiger partial charge is 0.0989 e. The molecule has 2 atom stereocenters. The monoisotopic (exact) mass is 200 g/mol. The van der Waals surface area contributed by atoms with Gasteiger partial charge in [0.05, 0.1) is 15.7 Å². The maximum atomic E-state index is 6.09. The SMILES string of the molecule is [B]C([B])(C)C1CC2CCCCC(C1)C2C. The summed E-state index contributed by atoms with van der Waals surface area (Å²) in [6.07, 6.45) is 8.19. The molecule has 0 heterocycles. The lowest BCUT2D eigenvalue weighted by atomic mass is 9.45. The van der Waals surface area contributed by atoms with Crippen LogP contribution in [0.25, 0.3) is 0 Å². The molecule has 0 aromatic heterocycles. The van der Waals surface area contributed by atoms with Crippen LogP contribution in [0.15, 0.2) is 0 Å². The lowest BCUT2D eigenvalue weighted by Crippen LogP contribution is -2.35. The van der Waals surface area contributed by atoms with E-state index in [1.54, 1.807) is 0 Å². The average molecular weight is 200 g/mol. The maximum Gasteiger partial charge on any atom is 0.0620 e. The van der Waals surface area contributed by atoms with E-state index < -0.39 is 5.21 Å². The molecule has 0 N–H and O–H groups in total. The molecule has 2 heteroatoms. The molecular formula is C13H22B2. The lowest BCUT2D eigenvalue weighted by Gasteiger charge is -2.45. The zero-order valence-electron chi connectivity index (χ0n) is 10.2. The second kappa shape index (κ2) is 4.18. The Morgan fingerprint density at radius 1 is 1.00 bits per heavy atom. The Hall–Kier alpha value is 0.130. The van der Waals surface area contributed by atoms with E-state index in [0.29, 0.717) is 5.92 Å².